The summed E-state index contributed by atoms with van der Waals surface area (Å²) in [6, 6.07) is 3.93. The molecule has 1 N–H and O–H groups in total. The lowest BCUT2D eigenvalue weighted by Crippen LogP contribution is -1.95. The van der Waals surface area contributed by atoms with E-state index in [0.29, 0.717) is 5.82 Å². The molecule has 0 aliphatic rings. The summed E-state index contributed by atoms with van der Waals surface area (Å²) < 4.78 is 0. The molecule has 0 atom stereocenters. The highest BCUT2D eigenvalue weighted by atomic mass is 32.1. The Bertz CT molecular complexity index is 617. The first kappa shape index (κ1) is 12.4. The van der Waals surface area contributed by atoms with Crippen LogP contribution in [-0.2, 0) is 4.79 Å². The van der Waals surface area contributed by atoms with Crippen LogP contribution in [0.3, 0.4) is 0 Å². The maximum absolute atomic E-state index is 10.5. The third-order valence-electron chi connectivity index (χ3n) is 2.34. The zero-order chi connectivity index (χ0) is 13.1. The van der Waals surface area contributed by atoms with Crippen LogP contribution in [0.25, 0.3) is 16.6 Å². The smallest absolute Gasteiger partial charge is 0.328 e. The fourth-order valence-electron chi connectivity index (χ4n) is 1.56. The van der Waals surface area contributed by atoms with Crippen LogP contribution in [0.5, 0.6) is 0 Å². The predicted molar refractivity (Wildman–Crippen MR) is 71.5 cm³/mol. The van der Waals surface area contributed by atoms with E-state index in [1.165, 1.54) is 6.08 Å². The molecule has 0 saturated carbocycles. The molecule has 0 amide bonds. The third kappa shape index (κ3) is 2.81. The molecule has 0 unspecified atom stereocenters. The highest BCUT2D eigenvalue weighted by molar-refractivity contribution is 7.13. The van der Waals surface area contributed by atoms with E-state index in [1.807, 2.05) is 31.4 Å². The molecule has 18 heavy (non-hydrogen) atoms. The van der Waals surface area contributed by atoms with Crippen LogP contribution >= 0.6 is 11.3 Å². The molecular formula is C13H12N2O2S. The second-order valence-electron chi connectivity index (χ2n) is 3.86. The molecule has 4 nitrogen and oxygen atoms in total. The van der Waals surface area contributed by atoms with Gasteiger partial charge in [-0.25, -0.2) is 14.8 Å². The maximum Gasteiger partial charge on any atom is 0.328 e. The minimum Gasteiger partial charge on any atom is -0.478 e. The predicted octanol–water partition coefficient (Wildman–Crippen LogP) is 2.92. The van der Waals surface area contributed by atoms with E-state index in [2.05, 4.69) is 9.97 Å². The zero-order valence-electron chi connectivity index (χ0n) is 10.0. The van der Waals surface area contributed by atoms with Crippen LogP contribution in [0, 0.1) is 13.8 Å². The lowest BCUT2D eigenvalue weighted by atomic mass is 10.2. The van der Waals surface area contributed by atoms with Crippen LogP contribution < -0.4 is 0 Å². The van der Waals surface area contributed by atoms with Gasteiger partial charge in [0.1, 0.15) is 0 Å². The average molecular weight is 260 g/mol. The molecule has 2 aromatic heterocycles. The molecule has 0 saturated heterocycles. The van der Waals surface area contributed by atoms with Crippen molar-refractivity contribution in [2.24, 2.45) is 0 Å². The van der Waals surface area contributed by atoms with Gasteiger partial charge in [-0.1, -0.05) is 0 Å². The summed E-state index contributed by atoms with van der Waals surface area (Å²) in [6.45, 7) is 3.89. The Balaban J connectivity index is 2.44. The van der Waals surface area contributed by atoms with Gasteiger partial charge in [-0.15, -0.1) is 11.3 Å². The standard InChI is InChI=1S/C13H12N2O2S/c1-8-5-6-18-13(8)10-7-9(2)14-11(15-10)3-4-12(16)17/h3-7H,1-2H3,(H,16,17)/b4-3+. The van der Waals surface area contributed by atoms with Gasteiger partial charge < -0.3 is 5.11 Å². The second kappa shape index (κ2) is 5.10. The van der Waals surface area contributed by atoms with Crippen LogP contribution in [-0.4, -0.2) is 21.0 Å². The van der Waals surface area contributed by atoms with Crippen LogP contribution in [0.15, 0.2) is 23.6 Å². The summed E-state index contributed by atoms with van der Waals surface area (Å²) in [4.78, 5) is 20.1. The summed E-state index contributed by atoms with van der Waals surface area (Å²) in [6.07, 6.45) is 2.45. The van der Waals surface area contributed by atoms with Crippen molar-refractivity contribution >= 4 is 23.4 Å². The van der Waals surface area contributed by atoms with E-state index >= 15 is 0 Å². The lowest BCUT2D eigenvalue weighted by molar-refractivity contribution is -0.131. The second-order valence-corrected chi connectivity index (χ2v) is 4.77. The van der Waals surface area contributed by atoms with Crippen molar-refractivity contribution in [3.63, 3.8) is 0 Å². The summed E-state index contributed by atoms with van der Waals surface area (Å²) in [5, 5.41) is 10.6. The Morgan fingerprint density at radius 3 is 2.78 bits per heavy atom. The Labute approximate surface area is 109 Å². The van der Waals surface area contributed by atoms with Gasteiger partial charge in [0, 0.05) is 11.8 Å². The van der Waals surface area contributed by atoms with Gasteiger partial charge in [0.2, 0.25) is 0 Å². The molecule has 0 aromatic carbocycles. The van der Waals surface area contributed by atoms with E-state index in [0.717, 1.165) is 27.9 Å². The number of carboxylic acid groups (broad SMARTS) is 1. The Morgan fingerprint density at radius 1 is 1.39 bits per heavy atom. The van der Waals surface area contributed by atoms with Crippen molar-refractivity contribution < 1.29 is 9.90 Å². The number of aliphatic carboxylic acids is 1. The topological polar surface area (TPSA) is 63.1 Å². The van der Waals surface area contributed by atoms with E-state index in [-0.39, 0.29) is 0 Å². The number of carbonyl (C=O) groups is 1. The van der Waals surface area contributed by atoms with Crippen molar-refractivity contribution in [1.29, 1.82) is 0 Å². The highest BCUT2D eigenvalue weighted by Crippen LogP contribution is 2.27. The fourth-order valence-corrected chi connectivity index (χ4v) is 2.45. The number of carboxylic acids is 1. The minimum absolute atomic E-state index is 0.417. The van der Waals surface area contributed by atoms with Crippen LogP contribution in [0.2, 0.25) is 0 Å². The maximum atomic E-state index is 10.5. The first-order valence-electron chi connectivity index (χ1n) is 5.37. The molecule has 2 heterocycles. The highest BCUT2D eigenvalue weighted by Gasteiger charge is 2.07. The van der Waals surface area contributed by atoms with Crippen LogP contribution in [0.4, 0.5) is 0 Å². The number of hydrogen-bond donors (Lipinski definition) is 1. The summed E-state index contributed by atoms with van der Waals surface area (Å²) in [7, 11) is 0. The molecule has 92 valence electrons. The molecule has 0 spiro atoms. The monoisotopic (exact) mass is 260 g/mol. The number of hydrogen-bond acceptors (Lipinski definition) is 4. The molecule has 0 bridgehead atoms. The number of aryl methyl sites for hydroxylation is 2. The van der Waals surface area contributed by atoms with Gasteiger partial charge in [0.25, 0.3) is 0 Å². The van der Waals surface area contributed by atoms with Gasteiger partial charge in [-0.05, 0) is 43.0 Å². The first-order chi connectivity index (χ1) is 8.56. The largest absolute Gasteiger partial charge is 0.478 e. The summed E-state index contributed by atoms with van der Waals surface area (Å²) in [5.74, 6) is -0.589. The Kier molecular flexibility index (Phi) is 3.53. The molecule has 5 heteroatoms. The molecule has 0 radical (unpaired) electrons. The van der Waals surface area contributed by atoms with Gasteiger partial charge in [0.05, 0.1) is 10.6 Å². The van der Waals surface area contributed by atoms with E-state index in [1.54, 1.807) is 11.3 Å². The Morgan fingerprint density at radius 2 is 2.17 bits per heavy atom. The molecule has 2 aromatic rings. The summed E-state index contributed by atoms with van der Waals surface area (Å²) >= 11 is 1.61. The van der Waals surface area contributed by atoms with Gasteiger partial charge >= 0.3 is 5.97 Å². The molecule has 0 fully saturated rings. The molecule has 2 rings (SSSR count). The SMILES string of the molecule is Cc1cc(-c2sccc2C)nc(/C=C/C(=O)O)n1. The van der Waals surface area contributed by atoms with Crippen molar-refractivity contribution in [2.45, 2.75) is 13.8 Å². The summed E-state index contributed by atoms with van der Waals surface area (Å²) in [5.41, 5.74) is 2.81. The van der Waals surface area contributed by atoms with Gasteiger partial charge in [-0.2, -0.15) is 0 Å². The minimum atomic E-state index is -1.01. The van der Waals surface area contributed by atoms with E-state index in [9.17, 15) is 4.79 Å². The first-order valence-corrected chi connectivity index (χ1v) is 6.25. The van der Waals surface area contributed by atoms with E-state index in [4.69, 9.17) is 5.11 Å². The van der Waals surface area contributed by atoms with Gasteiger partial charge in [-0.3, -0.25) is 0 Å². The van der Waals surface area contributed by atoms with Crippen molar-refractivity contribution in [1.82, 2.24) is 9.97 Å². The quantitative estimate of drug-likeness (QED) is 0.862. The molecular weight excluding hydrogens is 248 g/mol. The fraction of sp³-hybridized carbons (Fsp3) is 0.154. The van der Waals surface area contributed by atoms with Crippen LogP contribution in [0.1, 0.15) is 17.1 Å². The normalized spacial score (nSPS) is 11.0. The van der Waals surface area contributed by atoms with Crippen molar-refractivity contribution in [3.8, 4) is 10.6 Å². The third-order valence-corrected chi connectivity index (χ3v) is 3.38. The number of aromatic nitrogens is 2. The van der Waals surface area contributed by atoms with E-state index < -0.39 is 5.97 Å². The number of nitrogens with zero attached hydrogens (tertiary/aromatic N) is 2. The van der Waals surface area contributed by atoms with Gasteiger partial charge in [0.15, 0.2) is 5.82 Å². The molecule has 0 aliphatic heterocycles. The molecule has 0 aliphatic carbocycles. The average Bonchev–Trinajstić information content (AvgIpc) is 2.72. The number of thiophene rings is 1. The Hall–Kier alpha value is -2.01. The van der Waals surface area contributed by atoms with Crippen molar-refractivity contribution in [2.75, 3.05) is 0 Å². The number of rotatable bonds is 3. The lowest BCUT2D eigenvalue weighted by Gasteiger charge is -2.02. The zero-order valence-corrected chi connectivity index (χ0v) is 10.9. The van der Waals surface area contributed by atoms with Crippen molar-refractivity contribution in [3.05, 3.63) is 40.7 Å².